The molecule has 4 aliphatic rings. The zero-order valence-electron chi connectivity index (χ0n) is 31.6. The van der Waals surface area contributed by atoms with Crippen LogP contribution in [0.3, 0.4) is 0 Å². The van der Waals surface area contributed by atoms with Gasteiger partial charge in [-0.2, -0.15) is 5.06 Å². The molecular formula is C42H56N4O6. The lowest BCUT2D eigenvalue weighted by Gasteiger charge is -2.62. The molecule has 1 heterocycles. The molecular weight excluding hydrogens is 656 g/mol. The van der Waals surface area contributed by atoms with Crippen molar-refractivity contribution in [1.82, 2.24) is 15.7 Å². The van der Waals surface area contributed by atoms with Gasteiger partial charge in [-0.1, -0.05) is 75.4 Å². The first-order valence-corrected chi connectivity index (χ1v) is 18.7. The summed E-state index contributed by atoms with van der Waals surface area (Å²) in [6.45, 7) is 8.95. The number of aliphatic hydroxyl groups excluding tert-OH is 2. The molecule has 4 N–H and O–H groups in total. The number of hydrogen-bond donors (Lipinski definition) is 4. The van der Waals surface area contributed by atoms with Crippen LogP contribution in [0, 0.1) is 29.1 Å². The highest BCUT2D eigenvalue weighted by Crippen LogP contribution is 2.61. The summed E-state index contributed by atoms with van der Waals surface area (Å²) >= 11 is 0. The van der Waals surface area contributed by atoms with E-state index in [-0.39, 0.29) is 36.4 Å². The molecule has 0 spiro atoms. The minimum Gasteiger partial charge on any atom is -0.496 e. The van der Waals surface area contributed by atoms with Crippen LogP contribution in [-0.4, -0.2) is 85.7 Å². The number of carbonyl (C=O) groups excluding carboxylic acids is 2. The normalized spacial score (nSPS) is 27.0. The number of aliphatic hydroxyl groups is 2. The van der Waals surface area contributed by atoms with Crippen LogP contribution in [0.1, 0.15) is 62.0 Å². The van der Waals surface area contributed by atoms with E-state index in [9.17, 15) is 19.8 Å². The summed E-state index contributed by atoms with van der Waals surface area (Å²) in [5.74, 6) is 1.13. The second-order valence-corrected chi connectivity index (χ2v) is 15.9. The SMILES string of the molecule is COc1c(CN2O[C@@H](CO)[C@H]([C@H](C)O)[C@H]2C(=O)N[C@@H]2C[C@H]3C[C@@H]([C@@H]2C)C3(C)C)cccc1-c1ccc(C(=O)NCCc2ccccc2)c(N(C)C)c1. The molecule has 10 heteroatoms. The molecule has 0 radical (unpaired) electrons. The van der Waals surface area contributed by atoms with Gasteiger partial charge in [-0.25, -0.2) is 0 Å². The summed E-state index contributed by atoms with van der Waals surface area (Å²) in [6, 6.07) is 20.9. The minimum absolute atomic E-state index is 0.0478. The number of hydrogen-bond acceptors (Lipinski definition) is 8. The van der Waals surface area contributed by atoms with E-state index < -0.39 is 24.2 Å². The summed E-state index contributed by atoms with van der Waals surface area (Å²) in [5.41, 5.74) is 5.26. The Morgan fingerprint density at radius 2 is 1.83 bits per heavy atom. The Morgan fingerprint density at radius 1 is 1.08 bits per heavy atom. The highest BCUT2D eigenvalue weighted by molar-refractivity contribution is 6.00. The first-order chi connectivity index (χ1) is 24.8. The summed E-state index contributed by atoms with van der Waals surface area (Å²) < 4.78 is 6.03. The van der Waals surface area contributed by atoms with Gasteiger partial charge < -0.3 is 30.5 Å². The van der Waals surface area contributed by atoms with Crippen molar-refractivity contribution in [2.75, 3.05) is 39.3 Å². The Kier molecular flexibility index (Phi) is 11.3. The molecule has 2 bridgehead atoms. The van der Waals surface area contributed by atoms with Crippen molar-refractivity contribution in [2.45, 2.75) is 77.8 Å². The van der Waals surface area contributed by atoms with Crippen LogP contribution in [-0.2, 0) is 22.6 Å². The van der Waals surface area contributed by atoms with Gasteiger partial charge in [-0.3, -0.25) is 14.4 Å². The average molecular weight is 713 g/mol. The van der Waals surface area contributed by atoms with Gasteiger partial charge in [0.1, 0.15) is 17.9 Å². The molecule has 10 nitrogen and oxygen atoms in total. The molecule has 280 valence electrons. The lowest BCUT2D eigenvalue weighted by molar-refractivity contribution is -0.183. The Balaban J connectivity index is 1.23. The Hall–Kier alpha value is -3.96. The molecule has 8 atom stereocenters. The number of nitrogens with zero attached hydrogens (tertiary/aromatic N) is 2. The molecule has 1 aliphatic heterocycles. The van der Waals surface area contributed by atoms with E-state index in [1.54, 1.807) is 19.1 Å². The predicted molar refractivity (Wildman–Crippen MR) is 203 cm³/mol. The standard InChI is InChI=1S/C42H56N4O6/c1-25-33-21-30(42(33,3)4)22-34(25)44-41(50)38-37(26(2)48)36(24-47)52-46(38)23-29-14-11-15-31(39(29)51-7)28-16-17-32(35(20-28)45(5)6)40(49)43-19-18-27-12-9-8-10-13-27/h8-17,20,25-26,30,33-34,36-38,47-48H,18-19,21-24H2,1-7H3,(H,43,49)(H,44,50)/t25-,26-,30+,33-,34+,36-,37-,38-/m0/s1. The zero-order valence-corrected chi connectivity index (χ0v) is 31.6. The highest BCUT2D eigenvalue weighted by Gasteiger charge is 2.57. The third kappa shape index (κ3) is 7.31. The van der Waals surface area contributed by atoms with E-state index >= 15 is 0 Å². The van der Waals surface area contributed by atoms with Crippen LogP contribution in [0.4, 0.5) is 5.69 Å². The largest absolute Gasteiger partial charge is 0.496 e. The van der Waals surface area contributed by atoms with Crippen LogP contribution < -0.4 is 20.3 Å². The number of methoxy groups -OCH3 is 1. The van der Waals surface area contributed by atoms with Gasteiger partial charge in [-0.05, 0) is 72.6 Å². The van der Waals surface area contributed by atoms with Gasteiger partial charge in [0.05, 0.1) is 31.9 Å². The fourth-order valence-corrected chi connectivity index (χ4v) is 9.15. The molecule has 52 heavy (non-hydrogen) atoms. The first-order valence-electron chi connectivity index (χ1n) is 18.7. The Morgan fingerprint density at radius 3 is 2.46 bits per heavy atom. The van der Waals surface area contributed by atoms with Gasteiger partial charge >= 0.3 is 0 Å². The van der Waals surface area contributed by atoms with E-state index in [2.05, 4.69) is 43.5 Å². The summed E-state index contributed by atoms with van der Waals surface area (Å²) in [6.07, 6.45) is 1.26. The smallest absolute Gasteiger partial charge is 0.253 e. The second-order valence-electron chi connectivity index (χ2n) is 15.9. The number of nitrogens with one attached hydrogen (secondary N) is 2. The summed E-state index contributed by atoms with van der Waals surface area (Å²) in [5, 5.41) is 29.2. The Bertz CT molecular complexity index is 1730. The van der Waals surface area contributed by atoms with Crippen LogP contribution in [0.5, 0.6) is 5.75 Å². The number of carbonyl (C=O) groups is 2. The van der Waals surface area contributed by atoms with Gasteiger partial charge in [-0.15, -0.1) is 0 Å². The average Bonchev–Trinajstić information content (AvgIpc) is 3.50. The maximum atomic E-state index is 14.2. The van der Waals surface area contributed by atoms with E-state index in [1.807, 2.05) is 73.6 Å². The minimum atomic E-state index is -0.888. The molecule has 0 unspecified atom stereocenters. The van der Waals surface area contributed by atoms with Crippen molar-refractivity contribution >= 4 is 17.5 Å². The topological polar surface area (TPSA) is 124 Å². The van der Waals surface area contributed by atoms with Crippen LogP contribution in [0.25, 0.3) is 11.1 Å². The van der Waals surface area contributed by atoms with Crippen LogP contribution in [0.15, 0.2) is 66.7 Å². The number of anilines is 1. The second kappa shape index (κ2) is 15.6. The van der Waals surface area contributed by atoms with E-state index in [0.29, 0.717) is 35.6 Å². The lowest BCUT2D eigenvalue weighted by Crippen LogP contribution is -2.62. The fourth-order valence-electron chi connectivity index (χ4n) is 9.15. The number of hydroxylamine groups is 2. The van der Waals surface area contributed by atoms with Crippen molar-refractivity contribution in [2.24, 2.45) is 29.1 Å². The number of fused-ring (bicyclic) bond motifs is 2. The van der Waals surface area contributed by atoms with Gasteiger partial charge in [0.15, 0.2) is 0 Å². The number of rotatable bonds is 13. The number of benzene rings is 3. The summed E-state index contributed by atoms with van der Waals surface area (Å²) in [7, 11) is 5.44. The maximum Gasteiger partial charge on any atom is 0.253 e. The third-order valence-electron chi connectivity index (χ3n) is 12.3. The van der Waals surface area contributed by atoms with Crippen molar-refractivity contribution in [3.8, 4) is 16.9 Å². The molecule has 7 rings (SSSR count). The Labute approximate surface area is 308 Å². The molecule has 4 fully saturated rings. The molecule has 3 saturated carbocycles. The molecule has 2 amide bonds. The molecule has 3 aromatic carbocycles. The highest BCUT2D eigenvalue weighted by atomic mass is 16.7. The molecule has 3 aliphatic carbocycles. The van der Waals surface area contributed by atoms with Gasteiger partial charge in [0.25, 0.3) is 5.91 Å². The third-order valence-corrected chi connectivity index (χ3v) is 12.3. The van der Waals surface area contributed by atoms with Gasteiger partial charge in [0, 0.05) is 49.4 Å². The van der Waals surface area contributed by atoms with Gasteiger partial charge in [0.2, 0.25) is 5.91 Å². The van der Waals surface area contributed by atoms with Crippen LogP contribution >= 0.6 is 0 Å². The number of ether oxygens (including phenoxy) is 1. The van der Waals surface area contributed by atoms with Crippen molar-refractivity contribution < 1.29 is 29.4 Å². The summed E-state index contributed by atoms with van der Waals surface area (Å²) in [4.78, 5) is 35.7. The van der Waals surface area contributed by atoms with E-state index in [1.165, 1.54) is 6.42 Å². The van der Waals surface area contributed by atoms with Crippen molar-refractivity contribution in [3.05, 3.63) is 83.4 Å². The van der Waals surface area contributed by atoms with Crippen molar-refractivity contribution in [1.29, 1.82) is 0 Å². The molecule has 0 aromatic heterocycles. The number of amides is 2. The first kappa shape index (κ1) is 37.8. The van der Waals surface area contributed by atoms with Crippen LogP contribution in [0.2, 0.25) is 0 Å². The quantitative estimate of drug-likeness (QED) is 0.194. The zero-order chi connectivity index (χ0) is 37.3. The molecule has 1 saturated heterocycles. The van der Waals surface area contributed by atoms with E-state index in [0.717, 1.165) is 40.8 Å². The predicted octanol–water partition coefficient (Wildman–Crippen LogP) is 5.06. The molecule has 3 aromatic rings. The fraction of sp³-hybridized carbons (Fsp3) is 0.524. The lowest BCUT2D eigenvalue weighted by atomic mass is 9.45. The number of para-hydroxylation sites is 1. The monoisotopic (exact) mass is 712 g/mol. The maximum absolute atomic E-state index is 14.2. The van der Waals surface area contributed by atoms with Crippen molar-refractivity contribution in [3.63, 3.8) is 0 Å². The van der Waals surface area contributed by atoms with E-state index in [4.69, 9.17) is 9.57 Å².